The molecule has 0 amide bonds. The Kier molecular flexibility index (Phi) is 16.5. The molecule has 0 fully saturated rings. The molecule has 0 aromatic heterocycles. The first-order chi connectivity index (χ1) is 13.4. The smallest absolute Gasteiger partial charge is 1.00 e. The minimum Gasteiger partial charge on any atom is -1.00 e. The zero-order valence-corrected chi connectivity index (χ0v) is 24.8. The van der Waals surface area contributed by atoms with Gasteiger partial charge in [-0.2, -0.15) is 34.4 Å². The molecule has 0 saturated carbocycles. The Balaban J connectivity index is 0. The Labute approximate surface area is 223 Å². The molecule has 0 N–H and O–H groups in total. The van der Waals surface area contributed by atoms with Crippen molar-refractivity contribution in [1.82, 2.24) is 0 Å². The third kappa shape index (κ3) is 8.85. The van der Waals surface area contributed by atoms with Crippen LogP contribution in [-0.2, 0) is 26.2 Å². The van der Waals surface area contributed by atoms with Gasteiger partial charge in [0.25, 0.3) is 0 Å². The molecule has 1 radical (unpaired) electrons. The minimum atomic E-state index is 0. The van der Waals surface area contributed by atoms with Gasteiger partial charge in [0.1, 0.15) is 0 Å². The van der Waals surface area contributed by atoms with Crippen LogP contribution in [0.5, 0.6) is 0 Å². The maximum atomic E-state index is 2.26. The minimum absolute atomic E-state index is 0. The molecular weight excluding hydrogens is 515 g/mol. The molecule has 0 aliphatic heterocycles. The summed E-state index contributed by atoms with van der Waals surface area (Å²) in [5, 5.41) is 2.69. The van der Waals surface area contributed by atoms with Gasteiger partial charge in [-0.1, -0.05) is 89.7 Å². The fraction of sp³-hybridized carbons (Fsp3) is 0.259. The number of hydrogen-bond acceptors (Lipinski definition) is 0. The SMILES string of the molecule is C[SiH]C.Cc1c[c-](C)c(C)c1C.Cc1cc2c(-c3ccccc3)cccc2[cH-]1.[Cl-].[Cl-].[Zr+4]. The molecular formula is C27H33Cl2SiZr. The van der Waals surface area contributed by atoms with Crippen LogP contribution < -0.4 is 24.8 Å². The van der Waals surface area contributed by atoms with E-state index in [-0.39, 0.29) is 51.0 Å². The van der Waals surface area contributed by atoms with Crippen molar-refractivity contribution in [2.75, 3.05) is 0 Å². The van der Waals surface area contributed by atoms with Crippen LogP contribution in [0.25, 0.3) is 21.9 Å². The van der Waals surface area contributed by atoms with Gasteiger partial charge >= 0.3 is 26.2 Å². The summed E-state index contributed by atoms with van der Waals surface area (Å²) in [6.07, 6.45) is 0. The molecule has 0 unspecified atom stereocenters. The van der Waals surface area contributed by atoms with Crippen LogP contribution in [0, 0.1) is 34.6 Å². The van der Waals surface area contributed by atoms with E-state index in [0.29, 0.717) is 0 Å². The number of halogens is 2. The normalized spacial score (nSPS) is 9.13. The van der Waals surface area contributed by atoms with E-state index in [1.54, 1.807) is 0 Å². The van der Waals surface area contributed by atoms with Crippen molar-refractivity contribution in [3.05, 3.63) is 94.5 Å². The van der Waals surface area contributed by atoms with Gasteiger partial charge in [-0.15, -0.1) is 34.5 Å². The zero-order chi connectivity index (χ0) is 20.7. The molecule has 31 heavy (non-hydrogen) atoms. The number of aryl methyl sites for hydroxylation is 3. The van der Waals surface area contributed by atoms with Crippen LogP contribution >= 0.6 is 0 Å². The predicted molar refractivity (Wildman–Crippen MR) is 130 cm³/mol. The van der Waals surface area contributed by atoms with Crippen LogP contribution in [0.2, 0.25) is 13.1 Å². The fourth-order valence-corrected chi connectivity index (χ4v) is 3.39. The first-order valence-electron chi connectivity index (χ1n) is 10.0. The molecule has 4 aromatic carbocycles. The van der Waals surface area contributed by atoms with Gasteiger partial charge in [-0.05, 0) is 5.56 Å². The number of rotatable bonds is 1. The van der Waals surface area contributed by atoms with Crippen molar-refractivity contribution in [2.45, 2.75) is 47.7 Å². The number of hydrogen-bond donors (Lipinski definition) is 0. The second-order valence-corrected chi connectivity index (χ2v) is 8.70. The van der Waals surface area contributed by atoms with Crippen molar-refractivity contribution >= 4 is 20.3 Å². The van der Waals surface area contributed by atoms with E-state index < -0.39 is 0 Å². The van der Waals surface area contributed by atoms with E-state index >= 15 is 0 Å². The second kappa shape index (κ2) is 15.8. The molecule has 0 saturated heterocycles. The van der Waals surface area contributed by atoms with Crippen molar-refractivity contribution in [3.8, 4) is 11.1 Å². The van der Waals surface area contributed by atoms with Crippen molar-refractivity contribution in [1.29, 1.82) is 0 Å². The van der Waals surface area contributed by atoms with Gasteiger partial charge < -0.3 is 24.8 Å². The maximum Gasteiger partial charge on any atom is 4.00 e. The third-order valence-electron chi connectivity index (χ3n) is 5.16. The van der Waals surface area contributed by atoms with E-state index in [9.17, 15) is 0 Å². The van der Waals surface area contributed by atoms with E-state index in [1.807, 2.05) is 0 Å². The van der Waals surface area contributed by atoms with E-state index in [4.69, 9.17) is 0 Å². The van der Waals surface area contributed by atoms with Gasteiger partial charge in [0.2, 0.25) is 0 Å². The summed E-state index contributed by atoms with van der Waals surface area (Å²) in [6, 6.07) is 23.8. The first kappa shape index (κ1) is 32.3. The van der Waals surface area contributed by atoms with Gasteiger partial charge in [0.05, 0.1) is 0 Å². The van der Waals surface area contributed by atoms with Crippen molar-refractivity contribution < 1.29 is 51.0 Å². The molecule has 0 spiro atoms. The van der Waals surface area contributed by atoms with Crippen molar-refractivity contribution in [3.63, 3.8) is 0 Å². The Bertz CT molecular complexity index is 994. The Morgan fingerprint density at radius 3 is 1.87 bits per heavy atom. The standard InChI is InChI=1S/C16H13.C9H13.C2H7Si.2ClH.Zr/c1-12-10-14-8-5-9-15(16(14)11-12)13-6-3-2-4-7-13;1-6-5-7(2)9(4)8(6)3;1-3-2;;;/h2-11H,1H3;5H,1-4H3;3H,1-2H3;2*1H;/q2*-1;;;;+4/p-2. The quantitative estimate of drug-likeness (QED) is 0.252. The van der Waals surface area contributed by atoms with Crippen LogP contribution in [0.3, 0.4) is 0 Å². The molecule has 163 valence electrons. The van der Waals surface area contributed by atoms with Gasteiger partial charge in [0, 0.05) is 9.52 Å². The summed E-state index contributed by atoms with van der Waals surface area (Å²) < 4.78 is 0. The maximum absolute atomic E-state index is 2.26. The first-order valence-corrected chi connectivity index (χ1v) is 12.4. The Morgan fingerprint density at radius 1 is 0.839 bits per heavy atom. The average molecular weight is 548 g/mol. The predicted octanol–water partition coefficient (Wildman–Crippen LogP) is 1.70. The Hall–Kier alpha value is -0.920. The van der Waals surface area contributed by atoms with Crippen LogP contribution in [-0.4, -0.2) is 9.52 Å². The van der Waals surface area contributed by atoms with Crippen LogP contribution in [0.4, 0.5) is 0 Å². The van der Waals surface area contributed by atoms with Crippen LogP contribution in [0.1, 0.15) is 27.8 Å². The monoisotopic (exact) mass is 545 g/mol. The van der Waals surface area contributed by atoms with E-state index in [2.05, 4.69) is 114 Å². The average Bonchev–Trinajstić information content (AvgIpc) is 3.17. The molecule has 0 aliphatic carbocycles. The number of benzene rings is 2. The molecule has 0 heterocycles. The summed E-state index contributed by atoms with van der Waals surface area (Å²) in [6.45, 7) is 15.2. The number of fused-ring (bicyclic) bond motifs is 1. The zero-order valence-electron chi connectivity index (χ0n) is 19.7. The van der Waals surface area contributed by atoms with E-state index in [0.717, 1.165) is 9.52 Å². The molecule has 4 heteroatoms. The summed E-state index contributed by atoms with van der Waals surface area (Å²) in [4.78, 5) is 0. The van der Waals surface area contributed by atoms with Gasteiger partial charge in [-0.25, -0.2) is 0 Å². The van der Waals surface area contributed by atoms with Gasteiger partial charge in [0.15, 0.2) is 0 Å². The summed E-state index contributed by atoms with van der Waals surface area (Å²) in [5.41, 5.74) is 9.69. The largest absolute Gasteiger partial charge is 4.00 e. The molecule has 4 aromatic rings. The third-order valence-corrected chi connectivity index (χ3v) is 5.16. The van der Waals surface area contributed by atoms with E-state index in [1.165, 1.54) is 49.7 Å². The van der Waals surface area contributed by atoms with Crippen molar-refractivity contribution in [2.24, 2.45) is 0 Å². The molecule has 4 rings (SSSR count). The Morgan fingerprint density at radius 2 is 1.42 bits per heavy atom. The molecule has 0 nitrogen and oxygen atoms in total. The topological polar surface area (TPSA) is 0 Å². The molecule has 0 bridgehead atoms. The summed E-state index contributed by atoms with van der Waals surface area (Å²) in [5.74, 6) is 0. The molecule has 0 aliphatic rings. The summed E-state index contributed by atoms with van der Waals surface area (Å²) >= 11 is 0. The second-order valence-electron chi connectivity index (χ2n) is 7.54. The fourth-order valence-electron chi connectivity index (χ4n) is 3.39. The summed E-state index contributed by atoms with van der Waals surface area (Å²) in [7, 11) is 0.750. The van der Waals surface area contributed by atoms with Crippen LogP contribution in [0.15, 0.2) is 66.7 Å². The molecule has 0 atom stereocenters. The van der Waals surface area contributed by atoms with Gasteiger partial charge in [-0.3, -0.25) is 0 Å².